The van der Waals surface area contributed by atoms with Crippen molar-refractivity contribution in [2.24, 2.45) is 17.1 Å². The van der Waals surface area contributed by atoms with Gasteiger partial charge in [-0.15, -0.1) is 24.8 Å². The molecule has 0 aromatic carbocycles. The average Bonchev–Trinajstić information content (AvgIpc) is 2.28. The monoisotopic (exact) mass is 313 g/mol. The molecule has 2 N–H and O–H groups in total. The van der Waals surface area contributed by atoms with E-state index >= 15 is 0 Å². The first-order valence-corrected chi connectivity index (χ1v) is 6.58. The molecule has 0 radical (unpaired) electrons. The van der Waals surface area contributed by atoms with Crippen LogP contribution in [0.2, 0.25) is 0 Å². The smallest absolute Gasteiger partial charge is 0.229 e. The molecule has 0 saturated carbocycles. The van der Waals surface area contributed by atoms with Gasteiger partial charge in [-0.3, -0.25) is 9.69 Å². The largest absolute Gasteiger partial charge is 0.340 e. The average molecular weight is 314 g/mol. The predicted octanol–water partition coefficient (Wildman–Crippen LogP) is 1.62. The van der Waals surface area contributed by atoms with Crippen molar-refractivity contribution < 1.29 is 4.79 Å². The highest BCUT2D eigenvalue weighted by molar-refractivity contribution is 5.85. The van der Waals surface area contributed by atoms with Gasteiger partial charge in [0.05, 0.1) is 5.41 Å². The lowest BCUT2D eigenvalue weighted by Crippen LogP contribution is -2.53. The minimum absolute atomic E-state index is 0. The molecule has 6 heteroatoms. The van der Waals surface area contributed by atoms with Crippen molar-refractivity contribution in [2.75, 3.05) is 39.3 Å². The first-order chi connectivity index (χ1) is 7.86. The lowest BCUT2D eigenvalue weighted by Gasteiger charge is -2.38. The Labute approximate surface area is 129 Å². The Morgan fingerprint density at radius 1 is 1.16 bits per heavy atom. The molecular formula is C13H29Cl2N3O. The normalized spacial score (nSPS) is 16.8. The van der Waals surface area contributed by atoms with Gasteiger partial charge in [0.25, 0.3) is 0 Å². The summed E-state index contributed by atoms with van der Waals surface area (Å²) in [6.07, 6.45) is 0. The van der Waals surface area contributed by atoms with Crippen molar-refractivity contribution in [3.63, 3.8) is 0 Å². The second-order valence-corrected chi connectivity index (χ2v) is 6.07. The van der Waals surface area contributed by atoms with Crippen LogP contribution in [-0.2, 0) is 4.79 Å². The lowest BCUT2D eigenvalue weighted by atomic mass is 9.91. The van der Waals surface area contributed by atoms with E-state index in [1.807, 2.05) is 18.7 Å². The highest BCUT2D eigenvalue weighted by atomic mass is 35.5. The number of halogens is 2. The molecule has 19 heavy (non-hydrogen) atoms. The summed E-state index contributed by atoms with van der Waals surface area (Å²) in [5.41, 5.74) is 5.23. The van der Waals surface area contributed by atoms with E-state index in [2.05, 4.69) is 18.7 Å². The van der Waals surface area contributed by atoms with Gasteiger partial charge in [-0.05, 0) is 19.8 Å². The second-order valence-electron chi connectivity index (χ2n) is 6.07. The Morgan fingerprint density at radius 3 is 2.00 bits per heavy atom. The molecular weight excluding hydrogens is 285 g/mol. The zero-order valence-corrected chi connectivity index (χ0v) is 14.1. The Kier molecular flexibility index (Phi) is 10.1. The molecule has 1 fully saturated rings. The fraction of sp³-hybridized carbons (Fsp3) is 0.923. The van der Waals surface area contributed by atoms with E-state index in [-0.39, 0.29) is 30.7 Å². The maximum absolute atomic E-state index is 12.2. The van der Waals surface area contributed by atoms with Gasteiger partial charge in [0, 0.05) is 39.3 Å². The number of carbonyl (C=O) groups is 1. The highest BCUT2D eigenvalue weighted by Crippen LogP contribution is 2.18. The van der Waals surface area contributed by atoms with Crippen LogP contribution in [0.5, 0.6) is 0 Å². The number of rotatable bonds is 4. The van der Waals surface area contributed by atoms with Crippen LogP contribution in [0.25, 0.3) is 0 Å². The Morgan fingerprint density at radius 2 is 1.63 bits per heavy atom. The van der Waals surface area contributed by atoms with Gasteiger partial charge in [0.15, 0.2) is 0 Å². The maximum Gasteiger partial charge on any atom is 0.229 e. The van der Waals surface area contributed by atoms with Crippen molar-refractivity contribution in [3.05, 3.63) is 0 Å². The van der Waals surface area contributed by atoms with Gasteiger partial charge in [-0.1, -0.05) is 13.8 Å². The molecule has 1 heterocycles. The van der Waals surface area contributed by atoms with E-state index in [0.29, 0.717) is 12.5 Å². The third-order valence-electron chi connectivity index (χ3n) is 3.37. The number of nitrogens with zero attached hydrogens (tertiary/aromatic N) is 2. The number of nitrogens with two attached hydrogens (primary N) is 1. The van der Waals surface area contributed by atoms with E-state index in [1.54, 1.807) is 0 Å². The third kappa shape index (κ3) is 6.30. The summed E-state index contributed by atoms with van der Waals surface area (Å²) >= 11 is 0. The summed E-state index contributed by atoms with van der Waals surface area (Å²) in [4.78, 5) is 16.6. The van der Waals surface area contributed by atoms with Crippen LogP contribution in [-0.4, -0.2) is 55.0 Å². The number of hydrogen-bond donors (Lipinski definition) is 1. The minimum atomic E-state index is -0.416. The fourth-order valence-electron chi connectivity index (χ4n) is 2.17. The third-order valence-corrected chi connectivity index (χ3v) is 3.37. The molecule has 0 aliphatic carbocycles. The van der Waals surface area contributed by atoms with Gasteiger partial charge in [0.2, 0.25) is 5.91 Å². The Balaban J connectivity index is 0. The summed E-state index contributed by atoms with van der Waals surface area (Å²) in [5, 5.41) is 0. The Bertz CT molecular complexity index is 265. The van der Waals surface area contributed by atoms with Gasteiger partial charge in [-0.2, -0.15) is 0 Å². The zero-order chi connectivity index (χ0) is 13.1. The van der Waals surface area contributed by atoms with Crippen LogP contribution in [0.3, 0.4) is 0 Å². The molecule has 0 spiro atoms. The van der Waals surface area contributed by atoms with Crippen LogP contribution in [0.4, 0.5) is 0 Å². The summed E-state index contributed by atoms with van der Waals surface area (Å²) in [6.45, 7) is 13.5. The second kappa shape index (κ2) is 9.01. The van der Waals surface area contributed by atoms with Gasteiger partial charge in [0.1, 0.15) is 0 Å². The quantitative estimate of drug-likeness (QED) is 0.858. The molecule has 1 amide bonds. The summed E-state index contributed by atoms with van der Waals surface area (Å²) in [6, 6.07) is 0. The van der Waals surface area contributed by atoms with Gasteiger partial charge < -0.3 is 10.6 Å². The predicted molar refractivity (Wildman–Crippen MR) is 85.2 cm³/mol. The summed E-state index contributed by atoms with van der Waals surface area (Å²) < 4.78 is 0. The maximum atomic E-state index is 12.2. The van der Waals surface area contributed by atoms with Gasteiger partial charge in [-0.25, -0.2) is 0 Å². The van der Waals surface area contributed by atoms with Gasteiger partial charge >= 0.3 is 0 Å². The SMILES string of the molecule is CC(C)CN1CCN(C(=O)C(C)(C)CN)CC1.Cl.Cl. The molecule has 1 rings (SSSR count). The fourth-order valence-corrected chi connectivity index (χ4v) is 2.17. The number of amides is 1. The van der Waals surface area contributed by atoms with Crippen LogP contribution in [0.15, 0.2) is 0 Å². The van der Waals surface area contributed by atoms with Crippen molar-refractivity contribution in [1.82, 2.24) is 9.80 Å². The molecule has 0 aromatic rings. The first-order valence-electron chi connectivity index (χ1n) is 6.58. The summed E-state index contributed by atoms with van der Waals surface area (Å²) in [5.74, 6) is 0.891. The molecule has 1 aliphatic heterocycles. The van der Waals surface area contributed by atoms with Crippen molar-refractivity contribution >= 4 is 30.7 Å². The van der Waals surface area contributed by atoms with Crippen LogP contribution in [0.1, 0.15) is 27.7 Å². The van der Waals surface area contributed by atoms with E-state index in [0.717, 1.165) is 32.7 Å². The molecule has 0 unspecified atom stereocenters. The molecule has 4 nitrogen and oxygen atoms in total. The zero-order valence-electron chi connectivity index (χ0n) is 12.5. The van der Waals surface area contributed by atoms with Crippen molar-refractivity contribution in [3.8, 4) is 0 Å². The van der Waals surface area contributed by atoms with Crippen LogP contribution >= 0.6 is 24.8 Å². The topological polar surface area (TPSA) is 49.6 Å². The van der Waals surface area contributed by atoms with E-state index in [9.17, 15) is 4.79 Å². The molecule has 1 saturated heterocycles. The van der Waals surface area contributed by atoms with Crippen molar-refractivity contribution in [2.45, 2.75) is 27.7 Å². The number of piperazine rings is 1. The van der Waals surface area contributed by atoms with Crippen LogP contribution in [0, 0.1) is 11.3 Å². The molecule has 0 atom stereocenters. The van der Waals surface area contributed by atoms with E-state index < -0.39 is 5.41 Å². The van der Waals surface area contributed by atoms with E-state index in [4.69, 9.17) is 5.73 Å². The molecule has 1 aliphatic rings. The minimum Gasteiger partial charge on any atom is -0.340 e. The van der Waals surface area contributed by atoms with Crippen molar-refractivity contribution in [1.29, 1.82) is 0 Å². The number of carbonyl (C=O) groups excluding carboxylic acids is 1. The van der Waals surface area contributed by atoms with Crippen LogP contribution < -0.4 is 5.73 Å². The lowest BCUT2D eigenvalue weighted by molar-refractivity contribution is -0.141. The first kappa shape index (κ1) is 21.3. The highest BCUT2D eigenvalue weighted by Gasteiger charge is 2.32. The Hall–Kier alpha value is -0.0300. The van der Waals surface area contributed by atoms with E-state index in [1.165, 1.54) is 0 Å². The molecule has 0 aromatic heterocycles. The standard InChI is InChI=1S/C13H27N3O.2ClH/c1-11(2)9-15-5-7-16(8-6-15)12(17)13(3,4)10-14;;/h11H,5-10,14H2,1-4H3;2*1H. The molecule has 0 bridgehead atoms. The molecule has 116 valence electrons. The number of hydrogen-bond acceptors (Lipinski definition) is 3. The summed E-state index contributed by atoms with van der Waals surface area (Å²) in [7, 11) is 0.